The molecule has 0 saturated heterocycles. The molecule has 0 spiro atoms. The Balaban J connectivity index is 2.40. The van der Waals surface area contributed by atoms with Crippen molar-refractivity contribution >= 4 is 5.78 Å². The van der Waals surface area contributed by atoms with Gasteiger partial charge in [0.25, 0.3) is 0 Å². The molecule has 1 saturated carbocycles. The summed E-state index contributed by atoms with van der Waals surface area (Å²) in [6, 6.07) is 0. The van der Waals surface area contributed by atoms with Gasteiger partial charge in [-0.2, -0.15) is 0 Å². The van der Waals surface area contributed by atoms with Gasteiger partial charge in [-0.15, -0.1) is 0 Å². The summed E-state index contributed by atoms with van der Waals surface area (Å²) in [6.45, 7) is 2.59. The first-order valence-corrected chi connectivity index (χ1v) is 3.98. The maximum atomic E-state index is 11.3. The van der Waals surface area contributed by atoms with Crippen LogP contribution in [0.5, 0.6) is 0 Å². The molecule has 1 fully saturated rings. The molecule has 2 N–H and O–H groups in total. The number of ketones is 1. The number of hydrogen-bond acceptors (Lipinski definition) is 2. The molecule has 0 heterocycles. The van der Waals surface area contributed by atoms with Crippen LogP contribution >= 0.6 is 0 Å². The van der Waals surface area contributed by atoms with Crippen molar-refractivity contribution in [1.29, 1.82) is 0 Å². The number of Topliss-reactive ketones (excluding diaryl/α,β-unsaturated/α-hetero) is 1. The van der Waals surface area contributed by atoms with Crippen molar-refractivity contribution in [2.75, 3.05) is 6.54 Å². The van der Waals surface area contributed by atoms with E-state index in [0.29, 0.717) is 12.3 Å². The highest BCUT2D eigenvalue weighted by atomic mass is 16.1. The Kier molecular flexibility index (Phi) is 2.09. The standard InChI is InChI=1S/C8H15NO/c1-2-3-7(10)8(6-9)4-5-8/h2-6,9H2,1H3. The summed E-state index contributed by atoms with van der Waals surface area (Å²) >= 11 is 0. The van der Waals surface area contributed by atoms with E-state index in [9.17, 15) is 4.79 Å². The van der Waals surface area contributed by atoms with Gasteiger partial charge in [0, 0.05) is 18.4 Å². The van der Waals surface area contributed by atoms with E-state index in [2.05, 4.69) is 0 Å². The highest BCUT2D eigenvalue weighted by molar-refractivity contribution is 5.87. The Bertz CT molecular complexity index is 138. The summed E-state index contributed by atoms with van der Waals surface area (Å²) in [5, 5.41) is 0. The number of nitrogens with two attached hydrogens (primary N) is 1. The fraction of sp³-hybridized carbons (Fsp3) is 0.875. The van der Waals surface area contributed by atoms with Crippen LogP contribution in [0.15, 0.2) is 0 Å². The molecule has 0 amide bonds. The van der Waals surface area contributed by atoms with Crippen LogP contribution < -0.4 is 5.73 Å². The molecule has 0 bridgehead atoms. The highest BCUT2D eigenvalue weighted by Gasteiger charge is 2.47. The Morgan fingerprint density at radius 2 is 2.20 bits per heavy atom. The molecular weight excluding hydrogens is 126 g/mol. The topological polar surface area (TPSA) is 43.1 Å². The van der Waals surface area contributed by atoms with E-state index in [0.717, 1.165) is 25.7 Å². The number of rotatable bonds is 4. The summed E-state index contributed by atoms with van der Waals surface area (Å²) in [5.41, 5.74) is 5.42. The van der Waals surface area contributed by atoms with Crippen LogP contribution in [-0.2, 0) is 4.79 Å². The van der Waals surface area contributed by atoms with Crippen LogP contribution in [0.1, 0.15) is 32.6 Å². The number of carbonyl (C=O) groups is 1. The number of carbonyl (C=O) groups excluding carboxylic acids is 1. The van der Waals surface area contributed by atoms with Crippen LogP contribution in [0.3, 0.4) is 0 Å². The van der Waals surface area contributed by atoms with E-state index in [-0.39, 0.29) is 5.41 Å². The Morgan fingerprint density at radius 3 is 2.50 bits per heavy atom. The molecule has 0 unspecified atom stereocenters. The second-order valence-corrected chi connectivity index (χ2v) is 3.16. The van der Waals surface area contributed by atoms with Crippen molar-refractivity contribution < 1.29 is 4.79 Å². The van der Waals surface area contributed by atoms with Crippen molar-refractivity contribution in [3.05, 3.63) is 0 Å². The zero-order chi connectivity index (χ0) is 7.61. The normalized spacial score (nSPS) is 20.6. The molecule has 0 aromatic carbocycles. The third-order valence-electron chi connectivity index (χ3n) is 2.31. The predicted octanol–water partition coefficient (Wildman–Crippen LogP) is 1.09. The quantitative estimate of drug-likeness (QED) is 0.637. The lowest BCUT2D eigenvalue weighted by atomic mass is 9.98. The van der Waals surface area contributed by atoms with Gasteiger partial charge in [0.05, 0.1) is 0 Å². The Hall–Kier alpha value is -0.370. The summed E-state index contributed by atoms with van der Waals surface area (Å²) < 4.78 is 0. The van der Waals surface area contributed by atoms with Gasteiger partial charge in [-0.25, -0.2) is 0 Å². The van der Waals surface area contributed by atoms with Crippen LogP contribution in [0.4, 0.5) is 0 Å². The lowest BCUT2D eigenvalue weighted by Crippen LogP contribution is -2.24. The van der Waals surface area contributed by atoms with E-state index < -0.39 is 0 Å². The monoisotopic (exact) mass is 141 g/mol. The fourth-order valence-corrected chi connectivity index (χ4v) is 1.24. The van der Waals surface area contributed by atoms with E-state index in [1.54, 1.807) is 0 Å². The smallest absolute Gasteiger partial charge is 0.140 e. The molecule has 1 aliphatic carbocycles. The molecule has 0 atom stereocenters. The summed E-state index contributed by atoms with van der Waals surface area (Å²) in [6.07, 6.45) is 3.74. The van der Waals surface area contributed by atoms with E-state index in [1.807, 2.05) is 6.92 Å². The summed E-state index contributed by atoms with van der Waals surface area (Å²) in [5.74, 6) is 0.387. The molecule has 0 aromatic rings. The molecule has 2 heteroatoms. The SMILES string of the molecule is CCCC(=O)C1(CN)CC1. The first-order valence-electron chi connectivity index (χ1n) is 3.98. The predicted molar refractivity (Wildman–Crippen MR) is 40.6 cm³/mol. The van der Waals surface area contributed by atoms with Gasteiger partial charge in [0.2, 0.25) is 0 Å². The third kappa shape index (κ3) is 1.21. The molecule has 1 rings (SSSR count). The Labute approximate surface area is 61.8 Å². The van der Waals surface area contributed by atoms with Gasteiger partial charge in [0.15, 0.2) is 0 Å². The van der Waals surface area contributed by atoms with Crippen molar-refractivity contribution in [3.8, 4) is 0 Å². The van der Waals surface area contributed by atoms with E-state index in [4.69, 9.17) is 5.73 Å². The molecule has 0 radical (unpaired) electrons. The molecular formula is C8H15NO. The van der Waals surface area contributed by atoms with Crippen LogP contribution in [0.25, 0.3) is 0 Å². The lowest BCUT2D eigenvalue weighted by molar-refractivity contribution is -0.123. The molecule has 2 nitrogen and oxygen atoms in total. The third-order valence-corrected chi connectivity index (χ3v) is 2.31. The first kappa shape index (κ1) is 7.73. The fourth-order valence-electron chi connectivity index (χ4n) is 1.24. The average molecular weight is 141 g/mol. The molecule has 10 heavy (non-hydrogen) atoms. The van der Waals surface area contributed by atoms with Gasteiger partial charge >= 0.3 is 0 Å². The first-order chi connectivity index (χ1) is 4.75. The van der Waals surface area contributed by atoms with Crippen molar-refractivity contribution in [3.63, 3.8) is 0 Å². The summed E-state index contributed by atoms with van der Waals surface area (Å²) in [4.78, 5) is 11.3. The minimum atomic E-state index is -0.0595. The average Bonchev–Trinajstić information content (AvgIpc) is 2.68. The highest BCUT2D eigenvalue weighted by Crippen LogP contribution is 2.46. The van der Waals surface area contributed by atoms with Crippen LogP contribution in [0.2, 0.25) is 0 Å². The zero-order valence-electron chi connectivity index (χ0n) is 6.52. The van der Waals surface area contributed by atoms with Gasteiger partial charge in [-0.05, 0) is 19.3 Å². The largest absolute Gasteiger partial charge is 0.329 e. The Morgan fingerprint density at radius 1 is 1.60 bits per heavy atom. The van der Waals surface area contributed by atoms with Crippen LogP contribution in [0, 0.1) is 5.41 Å². The molecule has 0 aliphatic heterocycles. The van der Waals surface area contributed by atoms with Crippen molar-refractivity contribution in [2.45, 2.75) is 32.6 Å². The van der Waals surface area contributed by atoms with Crippen molar-refractivity contribution in [1.82, 2.24) is 0 Å². The number of hydrogen-bond donors (Lipinski definition) is 1. The van der Waals surface area contributed by atoms with Gasteiger partial charge in [0.1, 0.15) is 5.78 Å². The minimum Gasteiger partial charge on any atom is -0.329 e. The second kappa shape index (κ2) is 2.70. The summed E-state index contributed by atoms with van der Waals surface area (Å²) in [7, 11) is 0. The van der Waals surface area contributed by atoms with Gasteiger partial charge in [-0.3, -0.25) is 4.79 Å². The van der Waals surface area contributed by atoms with Crippen molar-refractivity contribution in [2.24, 2.45) is 11.1 Å². The molecule has 1 aliphatic rings. The van der Waals surface area contributed by atoms with Crippen LogP contribution in [-0.4, -0.2) is 12.3 Å². The zero-order valence-corrected chi connectivity index (χ0v) is 6.52. The van der Waals surface area contributed by atoms with Gasteiger partial charge < -0.3 is 5.73 Å². The van der Waals surface area contributed by atoms with E-state index >= 15 is 0 Å². The molecule has 58 valence electrons. The second-order valence-electron chi connectivity index (χ2n) is 3.16. The maximum Gasteiger partial charge on any atom is 0.140 e. The lowest BCUT2D eigenvalue weighted by Gasteiger charge is -2.08. The molecule has 0 aromatic heterocycles. The minimum absolute atomic E-state index is 0.0595. The maximum absolute atomic E-state index is 11.3. The van der Waals surface area contributed by atoms with E-state index in [1.165, 1.54) is 0 Å². The van der Waals surface area contributed by atoms with Gasteiger partial charge in [-0.1, -0.05) is 6.92 Å².